The van der Waals surface area contributed by atoms with Gasteiger partial charge in [0.25, 0.3) is 0 Å². The van der Waals surface area contributed by atoms with Gasteiger partial charge < -0.3 is 9.13 Å². The van der Waals surface area contributed by atoms with Crippen molar-refractivity contribution in [3.63, 3.8) is 0 Å². The Morgan fingerprint density at radius 2 is 1.02 bits per heavy atom. The van der Waals surface area contributed by atoms with Crippen molar-refractivity contribution in [3.8, 4) is 39.7 Å². The molecule has 0 aliphatic rings. The first-order valence-corrected chi connectivity index (χ1v) is 15.9. The molecule has 2 heterocycles. The van der Waals surface area contributed by atoms with E-state index in [1.165, 1.54) is 10.8 Å². The lowest BCUT2D eigenvalue weighted by molar-refractivity contribution is 1.18. The molecule has 0 spiro atoms. The van der Waals surface area contributed by atoms with Gasteiger partial charge in [0, 0.05) is 32.8 Å². The number of aromatic nitrogens is 2. The van der Waals surface area contributed by atoms with Gasteiger partial charge in [-0.3, -0.25) is 0 Å². The number of hydrogen-bond donors (Lipinski definition) is 0. The van der Waals surface area contributed by atoms with Gasteiger partial charge in [0.2, 0.25) is 0 Å². The molecule has 48 heavy (non-hydrogen) atoms. The predicted octanol–water partition coefficient (Wildman–Crippen LogP) is 11.6. The van der Waals surface area contributed by atoms with Crippen LogP contribution in [0.3, 0.4) is 0 Å². The largest absolute Gasteiger partial charge is 0.309 e. The minimum atomic E-state index is 0.444. The van der Waals surface area contributed by atoms with E-state index in [0.29, 0.717) is 16.8 Å². The molecule has 0 saturated heterocycles. The highest BCUT2D eigenvalue weighted by molar-refractivity contribution is 6.11. The molecule has 4 nitrogen and oxygen atoms in total. The first-order chi connectivity index (χ1) is 23.7. The van der Waals surface area contributed by atoms with Crippen LogP contribution >= 0.6 is 0 Å². The van der Waals surface area contributed by atoms with Gasteiger partial charge in [-0.15, -0.1) is 0 Å². The SMILES string of the molecule is [C-]#[N+]c1cc(-c2cccc(-n3c4ccccc4c4ccccc43)c2)cc(C#N)c1-c1ccccc1-n1c2ccccc2c2ccccc21. The van der Waals surface area contributed by atoms with E-state index in [0.717, 1.165) is 60.9 Å². The second-order valence-corrected chi connectivity index (χ2v) is 11.9. The summed E-state index contributed by atoms with van der Waals surface area (Å²) >= 11 is 0. The maximum Gasteiger partial charge on any atom is 0.196 e. The number of rotatable bonds is 4. The van der Waals surface area contributed by atoms with Crippen molar-refractivity contribution in [2.45, 2.75) is 0 Å². The molecule has 0 saturated carbocycles. The predicted molar refractivity (Wildman–Crippen MR) is 197 cm³/mol. The zero-order chi connectivity index (χ0) is 32.2. The molecule has 0 bridgehead atoms. The Balaban J connectivity index is 1.24. The average molecular weight is 611 g/mol. The van der Waals surface area contributed by atoms with Gasteiger partial charge in [-0.05, 0) is 71.3 Å². The molecule has 0 amide bonds. The summed E-state index contributed by atoms with van der Waals surface area (Å²) in [6.07, 6.45) is 0. The Labute approximate surface area is 277 Å². The van der Waals surface area contributed by atoms with Crippen molar-refractivity contribution in [2.24, 2.45) is 0 Å². The highest BCUT2D eigenvalue weighted by Gasteiger charge is 2.21. The van der Waals surface area contributed by atoms with E-state index in [2.05, 4.69) is 123 Å². The smallest absolute Gasteiger partial charge is 0.196 e. The van der Waals surface area contributed by atoms with Crippen molar-refractivity contribution in [3.05, 3.63) is 175 Å². The molecule has 4 heteroatoms. The van der Waals surface area contributed by atoms with E-state index in [4.69, 9.17) is 6.57 Å². The highest BCUT2D eigenvalue weighted by Crippen LogP contribution is 2.43. The van der Waals surface area contributed by atoms with Gasteiger partial charge in [0.1, 0.15) is 0 Å². The van der Waals surface area contributed by atoms with Gasteiger partial charge in [0.15, 0.2) is 5.69 Å². The Kier molecular flexibility index (Phi) is 6.22. The van der Waals surface area contributed by atoms with Crippen molar-refractivity contribution in [1.82, 2.24) is 9.13 Å². The maximum absolute atomic E-state index is 10.6. The Bertz CT molecular complexity index is 2680. The van der Waals surface area contributed by atoms with Crippen LogP contribution in [0, 0.1) is 17.9 Å². The summed E-state index contributed by atoms with van der Waals surface area (Å²) in [5.74, 6) is 0. The summed E-state index contributed by atoms with van der Waals surface area (Å²) in [6, 6.07) is 56.4. The number of fused-ring (bicyclic) bond motifs is 6. The number of nitriles is 1. The first-order valence-electron chi connectivity index (χ1n) is 15.9. The van der Waals surface area contributed by atoms with Gasteiger partial charge in [0.05, 0.1) is 46.0 Å². The average Bonchev–Trinajstić information content (AvgIpc) is 3.67. The highest BCUT2D eigenvalue weighted by atomic mass is 15.0. The Morgan fingerprint density at radius 1 is 0.500 bits per heavy atom. The number of hydrogen-bond acceptors (Lipinski definition) is 1. The zero-order valence-corrected chi connectivity index (χ0v) is 25.8. The number of nitrogens with zero attached hydrogens (tertiary/aromatic N) is 4. The lowest BCUT2D eigenvalue weighted by Crippen LogP contribution is -1.99. The lowest BCUT2D eigenvalue weighted by Gasteiger charge is -2.17. The van der Waals surface area contributed by atoms with Gasteiger partial charge >= 0.3 is 0 Å². The molecule has 2 aromatic heterocycles. The molecule has 0 aliphatic heterocycles. The first kappa shape index (κ1) is 27.4. The van der Waals surface area contributed by atoms with E-state index in [1.807, 2.05) is 54.6 Å². The third-order valence-electron chi connectivity index (χ3n) is 9.37. The number of para-hydroxylation sites is 5. The molecule has 0 radical (unpaired) electrons. The van der Waals surface area contributed by atoms with Gasteiger partial charge in [-0.1, -0.05) is 103 Å². The molecular weight excluding hydrogens is 585 g/mol. The monoisotopic (exact) mass is 610 g/mol. The van der Waals surface area contributed by atoms with E-state index in [1.54, 1.807) is 0 Å². The van der Waals surface area contributed by atoms with Crippen LogP contribution in [0.4, 0.5) is 5.69 Å². The topological polar surface area (TPSA) is 38.0 Å². The van der Waals surface area contributed by atoms with Crippen molar-refractivity contribution in [1.29, 1.82) is 5.26 Å². The minimum Gasteiger partial charge on any atom is -0.309 e. The normalized spacial score (nSPS) is 11.3. The quantitative estimate of drug-likeness (QED) is 0.183. The summed E-state index contributed by atoms with van der Waals surface area (Å²) in [4.78, 5) is 4.03. The van der Waals surface area contributed by atoms with Gasteiger partial charge in [-0.25, -0.2) is 4.85 Å². The fraction of sp³-hybridized carbons (Fsp3) is 0. The molecule has 0 atom stereocenters. The molecule has 0 unspecified atom stereocenters. The standard InChI is InChI=1S/C44H26N4/c1-46-38-27-30(29-13-12-14-32(26-29)47-39-20-7-2-15-33(39)34-16-3-8-21-40(34)47)25-31(28-45)44(38)37-19-6-11-24-43(37)48-41-22-9-4-17-35(41)36-18-5-10-23-42(36)48/h2-27H. The maximum atomic E-state index is 10.6. The molecule has 0 aliphatic carbocycles. The van der Waals surface area contributed by atoms with Crippen LogP contribution in [-0.4, -0.2) is 9.13 Å². The summed E-state index contributed by atoms with van der Waals surface area (Å²) < 4.78 is 4.53. The fourth-order valence-electron chi connectivity index (χ4n) is 7.34. The van der Waals surface area contributed by atoms with Crippen LogP contribution in [0.5, 0.6) is 0 Å². The van der Waals surface area contributed by atoms with Crippen LogP contribution in [0.15, 0.2) is 158 Å². The van der Waals surface area contributed by atoms with Crippen LogP contribution in [0.1, 0.15) is 5.56 Å². The Morgan fingerprint density at radius 3 is 1.58 bits per heavy atom. The van der Waals surface area contributed by atoms with Gasteiger partial charge in [-0.2, -0.15) is 5.26 Å². The summed E-state index contributed by atoms with van der Waals surface area (Å²) in [5.41, 5.74) is 10.5. The summed E-state index contributed by atoms with van der Waals surface area (Å²) in [6.45, 7) is 8.31. The number of benzene rings is 7. The molecule has 9 aromatic rings. The van der Waals surface area contributed by atoms with Crippen LogP contribution in [0.2, 0.25) is 0 Å². The minimum absolute atomic E-state index is 0.444. The second-order valence-electron chi connectivity index (χ2n) is 11.9. The zero-order valence-electron chi connectivity index (χ0n) is 25.8. The van der Waals surface area contributed by atoms with Crippen molar-refractivity contribution in [2.75, 3.05) is 0 Å². The van der Waals surface area contributed by atoms with E-state index in [9.17, 15) is 5.26 Å². The van der Waals surface area contributed by atoms with Crippen LogP contribution < -0.4 is 0 Å². The van der Waals surface area contributed by atoms with E-state index < -0.39 is 0 Å². The Hall–Kier alpha value is -6.88. The van der Waals surface area contributed by atoms with Crippen molar-refractivity contribution < 1.29 is 0 Å². The van der Waals surface area contributed by atoms with E-state index >= 15 is 0 Å². The van der Waals surface area contributed by atoms with E-state index in [-0.39, 0.29) is 0 Å². The summed E-state index contributed by atoms with van der Waals surface area (Å²) in [7, 11) is 0. The molecule has 7 aromatic carbocycles. The second kappa shape index (κ2) is 10.9. The third kappa shape index (κ3) is 4.07. The summed E-state index contributed by atoms with van der Waals surface area (Å²) in [5, 5.41) is 15.3. The molecule has 9 rings (SSSR count). The van der Waals surface area contributed by atoms with Crippen LogP contribution in [-0.2, 0) is 0 Å². The molecule has 0 N–H and O–H groups in total. The fourth-order valence-corrected chi connectivity index (χ4v) is 7.34. The van der Waals surface area contributed by atoms with Crippen molar-refractivity contribution >= 4 is 49.3 Å². The molecule has 222 valence electrons. The molecular formula is C44H26N4. The molecule has 0 fully saturated rings. The van der Waals surface area contributed by atoms with Crippen LogP contribution in [0.25, 0.3) is 82.1 Å². The third-order valence-corrected chi connectivity index (χ3v) is 9.37. The lowest BCUT2D eigenvalue weighted by atomic mass is 9.92.